The number of hydrogen-bond acceptors (Lipinski definition) is 2. The lowest BCUT2D eigenvalue weighted by Gasteiger charge is -2.37. The maximum absolute atomic E-state index is 12.2. The number of carbonyl (C=O) groups excluding carboxylic acids is 1. The molecule has 1 amide bonds. The van der Waals surface area contributed by atoms with Gasteiger partial charge in [-0.05, 0) is 37.7 Å². The van der Waals surface area contributed by atoms with Crippen LogP contribution in [0.15, 0.2) is 30.3 Å². The lowest BCUT2D eigenvalue weighted by molar-refractivity contribution is -0.138. The van der Waals surface area contributed by atoms with Crippen LogP contribution in [0.25, 0.3) is 0 Å². The van der Waals surface area contributed by atoms with Crippen LogP contribution < -0.4 is 0 Å². The SMILES string of the molecule is CN(C(=O)C1CC1)C1CCC[C@]1(O)c1ccccc1. The first kappa shape index (κ1) is 12.7. The van der Waals surface area contributed by atoms with Crippen LogP contribution in [0.5, 0.6) is 0 Å². The summed E-state index contributed by atoms with van der Waals surface area (Å²) in [6.45, 7) is 0. The van der Waals surface area contributed by atoms with E-state index in [-0.39, 0.29) is 17.9 Å². The first-order valence-electron chi connectivity index (χ1n) is 7.17. The van der Waals surface area contributed by atoms with Crippen LogP contribution in [0.4, 0.5) is 0 Å². The molecule has 0 saturated heterocycles. The van der Waals surface area contributed by atoms with E-state index in [1.807, 2.05) is 37.4 Å². The van der Waals surface area contributed by atoms with Crippen molar-refractivity contribution in [2.75, 3.05) is 7.05 Å². The van der Waals surface area contributed by atoms with Crippen LogP contribution in [0, 0.1) is 5.92 Å². The van der Waals surface area contributed by atoms with Crippen molar-refractivity contribution in [1.29, 1.82) is 0 Å². The topological polar surface area (TPSA) is 40.5 Å². The van der Waals surface area contributed by atoms with E-state index in [1.54, 1.807) is 4.90 Å². The van der Waals surface area contributed by atoms with Crippen LogP contribution in [-0.4, -0.2) is 29.0 Å². The molecule has 0 heterocycles. The molecule has 0 aliphatic heterocycles. The molecule has 1 aromatic rings. The van der Waals surface area contributed by atoms with Crippen molar-refractivity contribution < 1.29 is 9.90 Å². The van der Waals surface area contributed by atoms with Gasteiger partial charge in [0.05, 0.1) is 6.04 Å². The Morgan fingerprint density at radius 1 is 1.26 bits per heavy atom. The number of rotatable bonds is 3. The molecular weight excluding hydrogens is 238 g/mol. The molecular formula is C16H21NO2. The fraction of sp³-hybridized carbons (Fsp3) is 0.562. The van der Waals surface area contributed by atoms with Gasteiger partial charge in [0, 0.05) is 13.0 Å². The fourth-order valence-electron chi connectivity index (χ4n) is 3.32. The molecule has 1 unspecified atom stereocenters. The predicted molar refractivity (Wildman–Crippen MR) is 73.5 cm³/mol. The van der Waals surface area contributed by atoms with Crippen LogP contribution in [0.3, 0.4) is 0 Å². The summed E-state index contributed by atoms with van der Waals surface area (Å²) in [4.78, 5) is 14.0. The van der Waals surface area contributed by atoms with E-state index < -0.39 is 5.60 Å². The summed E-state index contributed by atoms with van der Waals surface area (Å²) >= 11 is 0. The molecule has 3 nitrogen and oxygen atoms in total. The first-order chi connectivity index (χ1) is 9.13. The molecule has 0 aromatic heterocycles. The lowest BCUT2D eigenvalue weighted by Crippen LogP contribution is -2.48. The molecule has 3 heteroatoms. The van der Waals surface area contributed by atoms with Gasteiger partial charge in [0.25, 0.3) is 0 Å². The predicted octanol–water partition coefficient (Wildman–Crippen LogP) is 2.30. The Morgan fingerprint density at radius 3 is 2.58 bits per heavy atom. The van der Waals surface area contributed by atoms with Gasteiger partial charge in [-0.2, -0.15) is 0 Å². The molecule has 2 saturated carbocycles. The van der Waals surface area contributed by atoms with Gasteiger partial charge in [-0.25, -0.2) is 0 Å². The number of aliphatic hydroxyl groups is 1. The Balaban J connectivity index is 1.86. The van der Waals surface area contributed by atoms with Gasteiger partial charge < -0.3 is 10.0 Å². The van der Waals surface area contributed by atoms with Crippen molar-refractivity contribution in [3.63, 3.8) is 0 Å². The van der Waals surface area contributed by atoms with Gasteiger partial charge in [-0.1, -0.05) is 30.3 Å². The number of benzene rings is 1. The van der Waals surface area contributed by atoms with Crippen molar-refractivity contribution >= 4 is 5.91 Å². The second-order valence-corrected chi connectivity index (χ2v) is 5.92. The molecule has 2 atom stereocenters. The van der Waals surface area contributed by atoms with E-state index >= 15 is 0 Å². The Bertz CT molecular complexity index is 469. The highest BCUT2D eigenvalue weighted by atomic mass is 16.3. The van der Waals surface area contributed by atoms with Gasteiger partial charge in [0.1, 0.15) is 5.60 Å². The summed E-state index contributed by atoms with van der Waals surface area (Å²) in [7, 11) is 1.85. The molecule has 2 aliphatic carbocycles. The maximum atomic E-state index is 12.2. The van der Waals surface area contributed by atoms with Crippen LogP contribution in [0.1, 0.15) is 37.7 Å². The third kappa shape index (κ3) is 2.16. The zero-order valence-corrected chi connectivity index (χ0v) is 11.4. The highest BCUT2D eigenvalue weighted by molar-refractivity contribution is 5.81. The second kappa shape index (κ2) is 4.64. The zero-order chi connectivity index (χ0) is 13.5. The van der Waals surface area contributed by atoms with Crippen molar-refractivity contribution in [2.24, 2.45) is 5.92 Å². The largest absolute Gasteiger partial charge is 0.383 e. The summed E-state index contributed by atoms with van der Waals surface area (Å²) in [5.41, 5.74) is 0.0635. The molecule has 0 spiro atoms. The number of hydrogen-bond donors (Lipinski definition) is 1. The van der Waals surface area contributed by atoms with E-state index in [9.17, 15) is 9.90 Å². The highest BCUT2D eigenvalue weighted by Crippen LogP contribution is 2.43. The molecule has 19 heavy (non-hydrogen) atoms. The third-order valence-electron chi connectivity index (χ3n) is 4.60. The van der Waals surface area contributed by atoms with Gasteiger partial charge in [0.15, 0.2) is 0 Å². The van der Waals surface area contributed by atoms with E-state index in [0.29, 0.717) is 0 Å². The number of nitrogens with zero attached hydrogens (tertiary/aromatic N) is 1. The minimum absolute atomic E-state index is 0.0806. The molecule has 1 N–H and O–H groups in total. The molecule has 1 aromatic carbocycles. The van der Waals surface area contributed by atoms with Crippen molar-refractivity contribution in [3.05, 3.63) is 35.9 Å². The summed E-state index contributed by atoms with van der Waals surface area (Å²) < 4.78 is 0. The minimum Gasteiger partial charge on any atom is -0.383 e. The Kier molecular flexibility index (Phi) is 3.09. The molecule has 0 bridgehead atoms. The summed E-state index contributed by atoms with van der Waals surface area (Å²) in [6.07, 6.45) is 4.63. The van der Waals surface area contributed by atoms with Crippen molar-refractivity contribution in [2.45, 2.75) is 43.7 Å². The zero-order valence-electron chi connectivity index (χ0n) is 11.4. The fourth-order valence-corrected chi connectivity index (χ4v) is 3.32. The molecule has 3 rings (SSSR count). The second-order valence-electron chi connectivity index (χ2n) is 5.92. The molecule has 2 fully saturated rings. The van der Waals surface area contributed by atoms with Gasteiger partial charge >= 0.3 is 0 Å². The van der Waals surface area contributed by atoms with Crippen LogP contribution in [0.2, 0.25) is 0 Å². The monoisotopic (exact) mass is 259 g/mol. The van der Waals surface area contributed by atoms with Gasteiger partial charge in [-0.15, -0.1) is 0 Å². The number of carbonyl (C=O) groups is 1. The van der Waals surface area contributed by atoms with Crippen molar-refractivity contribution in [1.82, 2.24) is 4.90 Å². The Morgan fingerprint density at radius 2 is 1.95 bits per heavy atom. The van der Waals surface area contributed by atoms with E-state index in [0.717, 1.165) is 37.7 Å². The minimum atomic E-state index is -0.874. The summed E-state index contributed by atoms with van der Waals surface area (Å²) in [5, 5.41) is 11.0. The Hall–Kier alpha value is -1.35. The summed E-state index contributed by atoms with van der Waals surface area (Å²) in [5.74, 6) is 0.423. The Labute approximate surface area is 114 Å². The molecule has 2 aliphatic rings. The number of likely N-dealkylation sites (N-methyl/N-ethyl adjacent to an activating group) is 1. The third-order valence-corrected chi connectivity index (χ3v) is 4.60. The highest BCUT2D eigenvalue weighted by Gasteiger charge is 2.47. The normalized spacial score (nSPS) is 30.3. The average Bonchev–Trinajstić information content (AvgIpc) is 3.21. The molecule has 0 radical (unpaired) electrons. The quantitative estimate of drug-likeness (QED) is 0.904. The van der Waals surface area contributed by atoms with E-state index in [2.05, 4.69) is 0 Å². The smallest absolute Gasteiger partial charge is 0.225 e. The average molecular weight is 259 g/mol. The first-order valence-corrected chi connectivity index (χ1v) is 7.17. The van der Waals surface area contributed by atoms with Crippen LogP contribution >= 0.6 is 0 Å². The van der Waals surface area contributed by atoms with Crippen molar-refractivity contribution in [3.8, 4) is 0 Å². The van der Waals surface area contributed by atoms with Gasteiger partial charge in [-0.3, -0.25) is 4.79 Å². The van der Waals surface area contributed by atoms with E-state index in [1.165, 1.54) is 0 Å². The lowest BCUT2D eigenvalue weighted by atomic mass is 9.88. The molecule has 102 valence electrons. The summed E-state index contributed by atoms with van der Waals surface area (Å²) in [6, 6.07) is 9.71. The van der Waals surface area contributed by atoms with Crippen LogP contribution in [-0.2, 0) is 10.4 Å². The van der Waals surface area contributed by atoms with E-state index in [4.69, 9.17) is 0 Å². The standard InChI is InChI=1S/C16H21NO2/c1-17(15(18)12-9-10-12)14-8-5-11-16(14,19)13-6-3-2-4-7-13/h2-4,6-7,12,14,19H,5,8-11H2,1H3/t14?,16-/m0/s1. The number of amides is 1. The maximum Gasteiger partial charge on any atom is 0.225 e. The van der Waals surface area contributed by atoms with Gasteiger partial charge in [0.2, 0.25) is 5.91 Å².